The Morgan fingerprint density at radius 2 is 0.660 bits per heavy atom. The highest BCUT2D eigenvalue weighted by atomic mass is 79.9. The molecule has 0 fully saturated rings. The predicted molar refractivity (Wildman–Crippen MR) is 425 cm³/mol. The lowest BCUT2D eigenvalue weighted by Gasteiger charge is -2.18. The SMILES string of the molecule is Brc1ccc2c(c1)c1ccccc1c1nncn21.CC(C)(C)c1nnc2c3ccccc3c3cc(Br)ccc3n12.CC(C)c1nnc2c3ccccc3c3cc(Br)ccc3n12.CCc1nnc2c3ccccc3c3cc(Br)ccc3n12.Cc1nnc2c3ccccc3c3cc(Br)ccc3n12. The number of aryl methyl sites for hydroxylation is 2. The van der Waals surface area contributed by atoms with E-state index in [1.54, 1.807) is 6.33 Å². The second kappa shape index (κ2) is 26.1. The summed E-state index contributed by atoms with van der Waals surface area (Å²) < 4.78 is 16.1. The van der Waals surface area contributed by atoms with Crippen molar-refractivity contribution in [1.82, 2.24) is 73.0 Å². The second-order valence-corrected chi connectivity index (χ2v) is 30.5. The van der Waals surface area contributed by atoms with Crippen molar-refractivity contribution in [3.63, 3.8) is 0 Å². The van der Waals surface area contributed by atoms with Gasteiger partial charge in [-0.1, -0.05) is 243 Å². The Labute approximate surface area is 614 Å². The van der Waals surface area contributed by atoms with Crippen LogP contribution < -0.4 is 0 Å². The van der Waals surface area contributed by atoms with E-state index in [0.29, 0.717) is 5.92 Å². The molecule has 0 aliphatic carbocycles. The molecule has 10 heterocycles. The number of pyridine rings is 5. The zero-order valence-corrected chi connectivity index (χ0v) is 63.1. The van der Waals surface area contributed by atoms with Gasteiger partial charge < -0.3 is 0 Å². The molecule has 0 atom stereocenters. The summed E-state index contributed by atoms with van der Waals surface area (Å²) in [6.45, 7) is 14.9. The highest BCUT2D eigenvalue weighted by molar-refractivity contribution is 9.11. The summed E-state index contributed by atoms with van der Waals surface area (Å²) in [4.78, 5) is 0. The van der Waals surface area contributed by atoms with Crippen molar-refractivity contribution in [2.45, 2.75) is 66.2 Å². The van der Waals surface area contributed by atoms with Crippen molar-refractivity contribution in [3.05, 3.63) is 264 Å². The average molecular weight is 1630 g/mol. The van der Waals surface area contributed by atoms with Crippen LogP contribution in [0, 0.1) is 6.92 Å². The van der Waals surface area contributed by atoms with Crippen molar-refractivity contribution in [2.24, 2.45) is 0 Å². The number of fused-ring (bicyclic) bond motifs is 30. The number of rotatable bonds is 2. The number of nitrogens with zero attached hydrogens (tertiary/aromatic N) is 15. The minimum absolute atomic E-state index is 0.0676. The highest BCUT2D eigenvalue weighted by Crippen LogP contribution is 2.38. The maximum atomic E-state index is 4.49. The Balaban J connectivity index is 0.0000000974. The molecule has 20 rings (SSSR count). The first-order chi connectivity index (χ1) is 48.5. The van der Waals surface area contributed by atoms with Crippen LogP contribution in [0.3, 0.4) is 0 Å². The lowest BCUT2D eigenvalue weighted by molar-refractivity contribution is 0.541. The first-order valence-corrected chi connectivity index (χ1v) is 36.7. The third-order valence-electron chi connectivity index (χ3n) is 18.3. The smallest absolute Gasteiger partial charge is 0.169 e. The van der Waals surface area contributed by atoms with E-state index in [1.165, 1.54) is 53.9 Å². The van der Waals surface area contributed by atoms with E-state index in [4.69, 9.17) is 0 Å². The first kappa shape index (κ1) is 64.9. The molecule has 20 aromatic rings. The quantitative estimate of drug-likeness (QED) is 0.153. The van der Waals surface area contributed by atoms with Crippen LogP contribution in [0.4, 0.5) is 0 Å². The molecule has 0 spiro atoms. The Bertz CT molecular complexity index is 6660. The molecule has 0 aliphatic heterocycles. The van der Waals surface area contributed by atoms with Crippen LogP contribution in [0.1, 0.15) is 70.8 Å². The molecule has 0 bridgehead atoms. The van der Waals surface area contributed by atoms with E-state index in [-0.39, 0.29) is 5.41 Å². The molecular weight excluding hydrogens is 1570 g/mol. The molecule has 0 amide bonds. The molecule has 20 heteroatoms. The number of hydrogen-bond acceptors (Lipinski definition) is 10. The van der Waals surface area contributed by atoms with Gasteiger partial charge in [0.05, 0.1) is 27.6 Å². The largest absolute Gasteiger partial charge is 0.281 e. The van der Waals surface area contributed by atoms with Gasteiger partial charge in [-0.2, -0.15) is 0 Å². The third-order valence-corrected chi connectivity index (χ3v) is 20.7. The fourth-order valence-electron chi connectivity index (χ4n) is 13.8. The van der Waals surface area contributed by atoms with E-state index in [2.05, 4.69) is 378 Å². The molecule has 100 heavy (non-hydrogen) atoms. The first-order valence-electron chi connectivity index (χ1n) is 32.7. The van der Waals surface area contributed by atoms with E-state index >= 15 is 0 Å². The monoisotopic (exact) mass is 1630 g/mol. The van der Waals surface area contributed by atoms with Crippen LogP contribution in [0.25, 0.3) is 137 Å². The number of benzene rings is 10. The van der Waals surface area contributed by atoms with E-state index < -0.39 is 0 Å². The Hall–Kier alpha value is -9.70. The van der Waals surface area contributed by atoms with Gasteiger partial charge in [-0.3, -0.25) is 22.0 Å². The lowest BCUT2D eigenvalue weighted by atomic mass is 9.95. The molecule has 0 unspecified atom stereocenters. The topological polar surface area (TPSA) is 151 Å². The number of halogens is 5. The summed E-state index contributed by atoms with van der Waals surface area (Å²) in [6.07, 6.45) is 2.63. The van der Waals surface area contributed by atoms with Gasteiger partial charge in [-0.05, 0) is 125 Å². The molecule has 0 radical (unpaired) electrons. The summed E-state index contributed by atoms with van der Waals surface area (Å²) in [5.41, 5.74) is 10.3. The van der Waals surface area contributed by atoms with Crippen molar-refractivity contribution in [3.8, 4) is 0 Å². The van der Waals surface area contributed by atoms with Gasteiger partial charge >= 0.3 is 0 Å². The van der Waals surface area contributed by atoms with Gasteiger partial charge in [0, 0.05) is 94.0 Å². The summed E-state index contributed by atoms with van der Waals surface area (Å²) in [5, 5.41) is 61.1. The molecule has 0 aliphatic rings. The second-order valence-electron chi connectivity index (χ2n) is 25.9. The van der Waals surface area contributed by atoms with Crippen LogP contribution in [0.2, 0.25) is 0 Å². The zero-order chi connectivity index (χ0) is 68.8. The summed E-state index contributed by atoms with van der Waals surface area (Å²) in [7, 11) is 0. The molecular formula is C80H60Br5N15. The Morgan fingerprint density at radius 1 is 0.330 bits per heavy atom. The average Bonchev–Trinajstić information content (AvgIpc) is 1.50. The minimum Gasteiger partial charge on any atom is -0.281 e. The summed E-state index contributed by atoms with van der Waals surface area (Å²) >= 11 is 17.8. The standard InChI is InChI=1S/C18H16BrN3.C17H14BrN3.C16H12BrN3.C15H10BrN3.C14H8BrN3/c1-18(2,3)17-21-20-16-13-7-5-4-6-12(13)14-10-11(19)8-9-15(14)22(16)17;1-10(2)16-19-20-17-13-6-4-3-5-12(13)14-9-11(18)7-8-15(14)21(16)17;1-2-15-18-19-16-12-6-4-3-5-11(12)13-9-10(17)7-8-14(13)20(15)16;1-9-17-18-15-12-5-3-2-4-11(12)13-8-10(16)6-7-14(13)19(9)15;15-9-5-6-13-12(7-9)10-3-1-2-4-11(10)14-17-16-8-18(13)14/h4-10H,1-3H3;3-10H,1-2H3;3-9H,2H2,1H3;2-8H,1H3;1-8H. The molecule has 0 saturated heterocycles. The summed E-state index contributed by atoms with van der Waals surface area (Å²) in [6, 6.07) is 73.4. The summed E-state index contributed by atoms with van der Waals surface area (Å²) in [5.74, 6) is 4.22. The van der Waals surface area contributed by atoms with Gasteiger partial charge in [0.2, 0.25) is 0 Å². The predicted octanol–water partition coefficient (Wildman–Crippen LogP) is 22.3. The minimum atomic E-state index is -0.0676. The van der Waals surface area contributed by atoms with E-state index in [1.807, 2.05) is 35.6 Å². The van der Waals surface area contributed by atoms with Crippen molar-refractivity contribution in [1.29, 1.82) is 0 Å². The normalized spacial score (nSPS) is 11.9. The molecule has 0 N–H and O–H groups in total. The Kier molecular flexibility index (Phi) is 17.0. The molecule has 10 aromatic heterocycles. The maximum Gasteiger partial charge on any atom is 0.169 e. The van der Waals surface area contributed by atoms with Gasteiger partial charge in [0.15, 0.2) is 28.2 Å². The van der Waals surface area contributed by atoms with Gasteiger partial charge in [0.25, 0.3) is 0 Å². The van der Waals surface area contributed by atoms with Crippen molar-refractivity contribution >= 4 is 216 Å². The maximum absolute atomic E-state index is 4.49. The van der Waals surface area contributed by atoms with Gasteiger partial charge in [-0.15, -0.1) is 51.0 Å². The van der Waals surface area contributed by atoms with Crippen LogP contribution in [-0.4, -0.2) is 73.0 Å². The Morgan fingerprint density at radius 3 is 1.09 bits per heavy atom. The van der Waals surface area contributed by atoms with Crippen LogP contribution in [-0.2, 0) is 11.8 Å². The van der Waals surface area contributed by atoms with E-state index in [9.17, 15) is 0 Å². The van der Waals surface area contributed by atoms with Crippen LogP contribution >= 0.6 is 79.6 Å². The van der Waals surface area contributed by atoms with Gasteiger partial charge in [0.1, 0.15) is 29.6 Å². The van der Waals surface area contributed by atoms with Crippen LogP contribution in [0.5, 0.6) is 0 Å². The fourth-order valence-corrected chi connectivity index (χ4v) is 15.6. The fraction of sp³-hybridized carbons (Fsp3) is 0.125. The van der Waals surface area contributed by atoms with Crippen molar-refractivity contribution < 1.29 is 0 Å². The lowest BCUT2D eigenvalue weighted by Crippen LogP contribution is -2.16. The molecule has 15 nitrogen and oxygen atoms in total. The van der Waals surface area contributed by atoms with Gasteiger partial charge in [-0.25, -0.2) is 0 Å². The molecule has 0 saturated carbocycles. The zero-order valence-electron chi connectivity index (χ0n) is 55.2. The molecule has 10 aromatic carbocycles. The highest BCUT2D eigenvalue weighted by Gasteiger charge is 2.25. The molecule has 490 valence electrons. The van der Waals surface area contributed by atoms with Crippen LogP contribution in [0.15, 0.2) is 241 Å². The van der Waals surface area contributed by atoms with Crippen molar-refractivity contribution in [2.75, 3.05) is 0 Å². The number of aromatic nitrogens is 15. The third kappa shape index (κ3) is 11.3. The van der Waals surface area contributed by atoms with E-state index in [0.717, 1.165) is 135 Å². The number of hydrogen-bond donors (Lipinski definition) is 0.